The fourth-order valence-electron chi connectivity index (χ4n) is 5.80. The highest BCUT2D eigenvalue weighted by atomic mass is 32.2. The van der Waals surface area contributed by atoms with E-state index in [1.807, 2.05) is 91.9 Å². The smallest absolute Gasteiger partial charge is 0.232 e. The van der Waals surface area contributed by atoms with Crippen LogP contribution < -0.4 is 19.1 Å². The fraction of sp³-hybridized carbons (Fsp3) is 0.225. The molecule has 1 aliphatic rings. The van der Waals surface area contributed by atoms with Gasteiger partial charge in [0.2, 0.25) is 10.0 Å². The molecule has 0 aromatic heterocycles. The highest BCUT2D eigenvalue weighted by Gasteiger charge is 2.20. The van der Waals surface area contributed by atoms with E-state index in [4.69, 9.17) is 14.2 Å². The minimum atomic E-state index is -3.47. The summed E-state index contributed by atoms with van der Waals surface area (Å²) in [5, 5.41) is 9.34. The number of rotatable bonds is 13. The first-order valence-electron chi connectivity index (χ1n) is 16.4. The molecule has 1 saturated heterocycles. The summed E-state index contributed by atoms with van der Waals surface area (Å²) in [6.07, 6.45) is 1.61. The number of nitriles is 1. The lowest BCUT2D eigenvalue weighted by atomic mass is 10.0. The largest absolute Gasteiger partial charge is 0.488 e. The summed E-state index contributed by atoms with van der Waals surface area (Å²) in [6.45, 7) is 5.39. The number of benzene rings is 5. The van der Waals surface area contributed by atoms with Gasteiger partial charge in [-0.15, -0.1) is 0 Å². The lowest BCUT2D eigenvalue weighted by molar-refractivity contribution is 0.141. The van der Waals surface area contributed by atoms with Crippen molar-refractivity contribution >= 4 is 27.1 Å². The van der Waals surface area contributed by atoms with Gasteiger partial charge < -0.3 is 19.1 Å². The van der Waals surface area contributed by atoms with Gasteiger partial charge in [0.25, 0.3) is 0 Å². The predicted molar refractivity (Wildman–Crippen MR) is 193 cm³/mol. The Morgan fingerprint density at radius 2 is 1.57 bits per heavy atom. The quantitative estimate of drug-likeness (QED) is 0.134. The standard InChI is InChI=1S/C40H39N3O5S/c1-3-49(44,45)42-38-11-7-13-39(29(38)2)43(27-32-16-14-31(26-41)15-17-32)40-12-5-4-8-33(40)24-30-18-20-34(21-19-30)47-35-9-6-10-36(25-35)48-37-22-23-46-28-37/h4-21,25,37,42H,3,22-24,27-28H2,1-2H3. The molecule has 8 nitrogen and oxygen atoms in total. The first-order chi connectivity index (χ1) is 23.8. The molecule has 0 amide bonds. The van der Waals surface area contributed by atoms with Gasteiger partial charge in [0.1, 0.15) is 23.4 Å². The number of sulfonamides is 1. The molecule has 0 spiro atoms. The van der Waals surface area contributed by atoms with E-state index in [0.717, 1.165) is 58.2 Å². The van der Waals surface area contributed by atoms with Gasteiger partial charge in [-0.2, -0.15) is 5.26 Å². The van der Waals surface area contributed by atoms with Gasteiger partial charge in [-0.05, 0) is 97.1 Å². The van der Waals surface area contributed by atoms with Crippen LogP contribution in [-0.4, -0.2) is 33.5 Å². The maximum atomic E-state index is 12.5. The lowest BCUT2D eigenvalue weighted by Gasteiger charge is -2.30. The van der Waals surface area contributed by atoms with E-state index < -0.39 is 10.0 Å². The number of hydrogen-bond acceptors (Lipinski definition) is 7. The second kappa shape index (κ2) is 15.3. The third-order valence-corrected chi connectivity index (χ3v) is 9.79. The van der Waals surface area contributed by atoms with Crippen LogP contribution in [0.25, 0.3) is 0 Å². The molecule has 6 rings (SSSR count). The molecular formula is C40H39N3O5S. The van der Waals surface area contributed by atoms with Crippen LogP contribution in [0.1, 0.15) is 41.2 Å². The molecule has 250 valence electrons. The molecule has 1 unspecified atom stereocenters. The molecule has 1 N–H and O–H groups in total. The Morgan fingerprint density at radius 1 is 0.857 bits per heavy atom. The fourth-order valence-corrected chi connectivity index (χ4v) is 6.50. The minimum absolute atomic E-state index is 0.0185. The van der Waals surface area contributed by atoms with Gasteiger partial charge in [-0.25, -0.2) is 8.42 Å². The molecule has 0 radical (unpaired) electrons. The molecule has 1 heterocycles. The number of nitrogens with one attached hydrogen (secondary N) is 1. The summed E-state index contributed by atoms with van der Waals surface area (Å²) in [6, 6.07) is 39.4. The highest BCUT2D eigenvalue weighted by Crippen LogP contribution is 2.37. The number of para-hydroxylation sites is 1. The Hall–Kier alpha value is -5.30. The van der Waals surface area contributed by atoms with Gasteiger partial charge >= 0.3 is 0 Å². The van der Waals surface area contributed by atoms with Crippen LogP contribution in [0.2, 0.25) is 0 Å². The van der Waals surface area contributed by atoms with Crippen molar-refractivity contribution in [3.05, 3.63) is 143 Å². The van der Waals surface area contributed by atoms with Gasteiger partial charge in [-0.3, -0.25) is 4.72 Å². The zero-order valence-corrected chi connectivity index (χ0v) is 28.5. The summed E-state index contributed by atoms with van der Waals surface area (Å²) in [7, 11) is -3.47. The Kier molecular flexibility index (Phi) is 10.5. The van der Waals surface area contributed by atoms with Crippen molar-refractivity contribution in [2.75, 3.05) is 28.6 Å². The molecule has 1 aliphatic heterocycles. The highest BCUT2D eigenvalue weighted by molar-refractivity contribution is 7.92. The SMILES string of the molecule is CCS(=O)(=O)Nc1cccc(N(Cc2ccc(C#N)cc2)c2ccccc2Cc2ccc(Oc3cccc(OC4CCOC4)c3)cc2)c1C. The van der Waals surface area contributed by atoms with Gasteiger partial charge in [0.15, 0.2) is 0 Å². The van der Waals surface area contributed by atoms with Crippen LogP contribution in [0, 0.1) is 18.3 Å². The molecule has 1 fully saturated rings. The molecular weight excluding hydrogens is 635 g/mol. The summed E-state index contributed by atoms with van der Waals surface area (Å²) in [4.78, 5) is 2.21. The van der Waals surface area contributed by atoms with Crippen molar-refractivity contribution in [1.82, 2.24) is 0 Å². The summed E-state index contributed by atoms with van der Waals surface area (Å²) < 4.78 is 45.4. The van der Waals surface area contributed by atoms with E-state index in [-0.39, 0.29) is 11.9 Å². The van der Waals surface area contributed by atoms with E-state index in [1.165, 1.54) is 0 Å². The van der Waals surface area contributed by atoms with Crippen LogP contribution >= 0.6 is 0 Å². The Balaban J connectivity index is 1.26. The molecule has 5 aromatic carbocycles. The molecule has 9 heteroatoms. The van der Waals surface area contributed by atoms with Crippen LogP contribution in [-0.2, 0) is 27.7 Å². The third kappa shape index (κ3) is 8.60. The number of ether oxygens (including phenoxy) is 3. The summed E-state index contributed by atoms with van der Waals surface area (Å²) in [5.41, 5.74) is 7.05. The second-order valence-electron chi connectivity index (χ2n) is 12.0. The molecule has 1 atom stereocenters. The van der Waals surface area contributed by atoms with Crippen LogP contribution in [0.5, 0.6) is 17.2 Å². The van der Waals surface area contributed by atoms with Crippen molar-refractivity contribution in [3.8, 4) is 23.3 Å². The predicted octanol–water partition coefficient (Wildman–Crippen LogP) is 8.52. The Bertz CT molecular complexity index is 2030. The van der Waals surface area contributed by atoms with Gasteiger partial charge in [0.05, 0.1) is 36.3 Å². The minimum Gasteiger partial charge on any atom is -0.488 e. The van der Waals surface area contributed by atoms with Crippen LogP contribution in [0.3, 0.4) is 0 Å². The normalized spacial score (nSPS) is 14.2. The topological polar surface area (TPSA) is 101 Å². The molecule has 0 aliphatic carbocycles. The average molecular weight is 674 g/mol. The van der Waals surface area contributed by atoms with Gasteiger partial charge in [0, 0.05) is 30.4 Å². The molecule has 49 heavy (non-hydrogen) atoms. The third-order valence-electron chi connectivity index (χ3n) is 8.50. The maximum absolute atomic E-state index is 12.5. The van der Waals surface area contributed by atoms with E-state index in [9.17, 15) is 13.7 Å². The monoisotopic (exact) mass is 673 g/mol. The van der Waals surface area contributed by atoms with Crippen molar-refractivity contribution < 1.29 is 22.6 Å². The summed E-state index contributed by atoms with van der Waals surface area (Å²) in [5.74, 6) is 2.17. The van der Waals surface area contributed by atoms with Crippen molar-refractivity contribution in [2.24, 2.45) is 0 Å². The molecule has 0 bridgehead atoms. The van der Waals surface area contributed by atoms with Crippen LogP contribution in [0.15, 0.2) is 115 Å². The van der Waals surface area contributed by atoms with Gasteiger partial charge in [-0.1, -0.05) is 54.6 Å². The Labute approximate surface area is 288 Å². The van der Waals surface area contributed by atoms with Crippen molar-refractivity contribution in [1.29, 1.82) is 5.26 Å². The zero-order valence-electron chi connectivity index (χ0n) is 27.6. The Morgan fingerprint density at radius 3 is 2.31 bits per heavy atom. The first-order valence-corrected chi connectivity index (χ1v) is 18.0. The van der Waals surface area contributed by atoms with Crippen molar-refractivity contribution in [2.45, 2.75) is 39.3 Å². The average Bonchev–Trinajstić information content (AvgIpc) is 3.63. The molecule has 5 aromatic rings. The van der Waals surface area contributed by atoms with E-state index in [0.29, 0.717) is 36.6 Å². The number of nitrogens with zero attached hydrogens (tertiary/aromatic N) is 2. The van der Waals surface area contributed by atoms with Crippen LogP contribution in [0.4, 0.5) is 17.1 Å². The lowest BCUT2D eigenvalue weighted by Crippen LogP contribution is -2.21. The first kappa shape index (κ1) is 33.6. The maximum Gasteiger partial charge on any atom is 0.232 e. The molecule has 0 saturated carbocycles. The number of hydrogen-bond donors (Lipinski definition) is 1. The summed E-state index contributed by atoms with van der Waals surface area (Å²) >= 11 is 0. The zero-order chi connectivity index (χ0) is 34.2. The van der Waals surface area contributed by atoms with E-state index >= 15 is 0 Å². The number of anilines is 3. The van der Waals surface area contributed by atoms with E-state index in [2.05, 4.69) is 40.0 Å². The second-order valence-corrected chi connectivity index (χ2v) is 14.0. The van der Waals surface area contributed by atoms with E-state index in [1.54, 1.807) is 13.0 Å². The van der Waals surface area contributed by atoms with Crippen molar-refractivity contribution in [3.63, 3.8) is 0 Å².